The molecule has 0 N–H and O–H groups in total. The van der Waals surface area contributed by atoms with Gasteiger partial charge in [0.05, 0.1) is 24.7 Å². The SMILES string of the molecule is Cc1cc(C)n(-c2cc(OCC3CCN(c4ncc(F)cn4)CC3)ncn2)n1. The molecule has 1 aliphatic rings. The van der Waals surface area contributed by atoms with E-state index in [1.807, 2.05) is 19.9 Å². The first kappa shape index (κ1) is 18.3. The summed E-state index contributed by atoms with van der Waals surface area (Å²) < 4.78 is 20.7. The Balaban J connectivity index is 1.32. The van der Waals surface area contributed by atoms with Crippen LogP contribution in [0.1, 0.15) is 24.2 Å². The summed E-state index contributed by atoms with van der Waals surface area (Å²) in [4.78, 5) is 18.7. The van der Waals surface area contributed by atoms with Gasteiger partial charge in [0.25, 0.3) is 0 Å². The van der Waals surface area contributed by atoms with Gasteiger partial charge in [-0.25, -0.2) is 29.0 Å². The maximum atomic E-state index is 13.0. The summed E-state index contributed by atoms with van der Waals surface area (Å²) in [6.45, 7) is 6.17. The van der Waals surface area contributed by atoms with Gasteiger partial charge in [0, 0.05) is 24.8 Å². The molecule has 0 saturated carbocycles. The van der Waals surface area contributed by atoms with Crippen LogP contribution in [-0.2, 0) is 0 Å². The third-order valence-electron chi connectivity index (χ3n) is 4.83. The lowest BCUT2D eigenvalue weighted by Crippen LogP contribution is -2.36. The van der Waals surface area contributed by atoms with Crippen molar-refractivity contribution in [3.63, 3.8) is 0 Å². The van der Waals surface area contributed by atoms with Crippen LogP contribution in [0, 0.1) is 25.6 Å². The molecule has 1 saturated heterocycles. The Bertz CT molecular complexity index is 936. The molecule has 146 valence electrons. The van der Waals surface area contributed by atoms with Gasteiger partial charge in [-0.05, 0) is 38.7 Å². The van der Waals surface area contributed by atoms with Crippen molar-refractivity contribution < 1.29 is 9.13 Å². The number of ether oxygens (including phenoxy) is 1. The molecule has 0 aliphatic carbocycles. The van der Waals surface area contributed by atoms with Crippen LogP contribution >= 0.6 is 0 Å². The number of hydrogen-bond donors (Lipinski definition) is 0. The van der Waals surface area contributed by atoms with Crippen molar-refractivity contribution in [3.8, 4) is 11.7 Å². The second-order valence-electron chi connectivity index (χ2n) is 7.00. The van der Waals surface area contributed by atoms with E-state index in [0.29, 0.717) is 30.2 Å². The number of piperidine rings is 1. The predicted molar refractivity (Wildman–Crippen MR) is 101 cm³/mol. The topological polar surface area (TPSA) is 81.9 Å². The number of anilines is 1. The Morgan fingerprint density at radius 1 is 1.07 bits per heavy atom. The predicted octanol–water partition coefficient (Wildman–Crippen LogP) is 2.50. The lowest BCUT2D eigenvalue weighted by atomic mass is 9.98. The summed E-state index contributed by atoms with van der Waals surface area (Å²) in [7, 11) is 0. The van der Waals surface area contributed by atoms with E-state index < -0.39 is 5.82 Å². The fourth-order valence-corrected chi connectivity index (χ4v) is 3.36. The number of nitrogens with zero attached hydrogens (tertiary/aromatic N) is 7. The molecule has 28 heavy (non-hydrogen) atoms. The van der Waals surface area contributed by atoms with E-state index in [9.17, 15) is 4.39 Å². The number of aromatic nitrogens is 6. The van der Waals surface area contributed by atoms with Crippen molar-refractivity contribution in [2.75, 3.05) is 24.6 Å². The Morgan fingerprint density at radius 2 is 1.82 bits per heavy atom. The van der Waals surface area contributed by atoms with Gasteiger partial charge in [0.2, 0.25) is 11.8 Å². The lowest BCUT2D eigenvalue weighted by molar-refractivity contribution is 0.215. The fraction of sp³-hybridized carbons (Fsp3) is 0.421. The smallest absolute Gasteiger partial charge is 0.225 e. The van der Waals surface area contributed by atoms with Crippen LogP contribution in [0.5, 0.6) is 5.88 Å². The molecule has 8 nitrogen and oxygen atoms in total. The van der Waals surface area contributed by atoms with Gasteiger partial charge in [-0.15, -0.1) is 0 Å². The minimum atomic E-state index is -0.420. The maximum Gasteiger partial charge on any atom is 0.225 e. The molecule has 0 atom stereocenters. The van der Waals surface area contributed by atoms with Gasteiger partial charge in [-0.2, -0.15) is 5.10 Å². The number of rotatable bonds is 5. The van der Waals surface area contributed by atoms with E-state index >= 15 is 0 Å². The minimum Gasteiger partial charge on any atom is -0.477 e. The largest absolute Gasteiger partial charge is 0.477 e. The molecule has 4 rings (SSSR count). The summed E-state index contributed by atoms with van der Waals surface area (Å²) in [5, 5.41) is 4.44. The van der Waals surface area contributed by atoms with Crippen molar-refractivity contribution in [1.82, 2.24) is 29.7 Å². The van der Waals surface area contributed by atoms with Gasteiger partial charge in [-0.1, -0.05) is 0 Å². The fourth-order valence-electron chi connectivity index (χ4n) is 3.36. The van der Waals surface area contributed by atoms with Crippen LogP contribution in [-0.4, -0.2) is 49.4 Å². The Hall–Kier alpha value is -3.10. The Kier molecular flexibility index (Phi) is 5.14. The average molecular weight is 383 g/mol. The quantitative estimate of drug-likeness (QED) is 0.669. The van der Waals surface area contributed by atoms with Crippen LogP contribution in [0.25, 0.3) is 5.82 Å². The summed E-state index contributed by atoms with van der Waals surface area (Å²) >= 11 is 0. The molecule has 0 spiro atoms. The normalized spacial score (nSPS) is 15.0. The van der Waals surface area contributed by atoms with E-state index in [-0.39, 0.29) is 0 Å². The number of halogens is 1. The van der Waals surface area contributed by atoms with Crippen LogP contribution in [0.3, 0.4) is 0 Å². The number of hydrogen-bond acceptors (Lipinski definition) is 7. The van der Waals surface area contributed by atoms with Crippen molar-refractivity contribution in [3.05, 3.63) is 48.1 Å². The number of aryl methyl sites for hydroxylation is 2. The van der Waals surface area contributed by atoms with E-state index in [0.717, 1.165) is 37.3 Å². The van der Waals surface area contributed by atoms with Crippen molar-refractivity contribution in [2.45, 2.75) is 26.7 Å². The standard InChI is InChI=1S/C19H22FN7O/c1-13-7-14(2)27(25-13)17-8-18(24-12-23-17)28-11-15-3-5-26(6-4-15)19-21-9-16(20)10-22-19/h7-10,12,15H,3-6,11H2,1-2H3. The van der Waals surface area contributed by atoms with Crippen molar-refractivity contribution in [2.24, 2.45) is 5.92 Å². The first-order valence-electron chi connectivity index (χ1n) is 9.29. The van der Waals surface area contributed by atoms with Crippen molar-refractivity contribution in [1.29, 1.82) is 0 Å². The first-order chi connectivity index (χ1) is 13.6. The molecule has 0 aromatic carbocycles. The molecule has 1 aliphatic heterocycles. The molecule has 0 unspecified atom stereocenters. The molecule has 0 bridgehead atoms. The zero-order valence-corrected chi connectivity index (χ0v) is 15.9. The molecule has 9 heteroatoms. The molecule has 3 aromatic heterocycles. The van der Waals surface area contributed by atoms with Gasteiger partial charge in [0.15, 0.2) is 11.6 Å². The summed E-state index contributed by atoms with van der Waals surface area (Å²) in [5.74, 6) is 1.81. The third kappa shape index (κ3) is 4.08. The summed E-state index contributed by atoms with van der Waals surface area (Å²) in [6, 6.07) is 3.81. The molecule has 0 amide bonds. The highest BCUT2D eigenvalue weighted by Crippen LogP contribution is 2.22. The molecule has 3 aromatic rings. The first-order valence-corrected chi connectivity index (χ1v) is 9.29. The lowest BCUT2D eigenvalue weighted by Gasteiger charge is -2.31. The van der Waals surface area contributed by atoms with E-state index in [4.69, 9.17) is 4.74 Å². The second-order valence-corrected chi connectivity index (χ2v) is 7.00. The summed E-state index contributed by atoms with van der Waals surface area (Å²) in [6.07, 6.45) is 5.81. The maximum absolute atomic E-state index is 13.0. The van der Waals surface area contributed by atoms with E-state index in [2.05, 4.69) is 29.9 Å². The van der Waals surface area contributed by atoms with Gasteiger partial charge >= 0.3 is 0 Å². The van der Waals surface area contributed by atoms with Crippen molar-refractivity contribution >= 4 is 5.95 Å². The van der Waals surface area contributed by atoms with E-state index in [1.165, 1.54) is 18.7 Å². The highest BCUT2D eigenvalue weighted by molar-refractivity contribution is 5.30. The van der Waals surface area contributed by atoms with Crippen LogP contribution in [0.2, 0.25) is 0 Å². The molecule has 0 radical (unpaired) electrons. The molecular weight excluding hydrogens is 361 g/mol. The highest BCUT2D eigenvalue weighted by atomic mass is 19.1. The monoisotopic (exact) mass is 383 g/mol. The average Bonchev–Trinajstić information content (AvgIpc) is 3.06. The Labute approximate surface area is 162 Å². The molecular formula is C19H22FN7O. The van der Waals surface area contributed by atoms with Crippen LogP contribution < -0.4 is 9.64 Å². The van der Waals surface area contributed by atoms with Crippen LogP contribution in [0.4, 0.5) is 10.3 Å². The third-order valence-corrected chi connectivity index (χ3v) is 4.83. The van der Waals surface area contributed by atoms with Crippen LogP contribution in [0.15, 0.2) is 30.9 Å². The zero-order valence-electron chi connectivity index (χ0n) is 15.9. The van der Waals surface area contributed by atoms with E-state index in [1.54, 1.807) is 10.7 Å². The van der Waals surface area contributed by atoms with Gasteiger partial charge in [-0.3, -0.25) is 0 Å². The minimum absolute atomic E-state index is 0.420. The highest BCUT2D eigenvalue weighted by Gasteiger charge is 2.21. The molecule has 1 fully saturated rings. The molecule has 4 heterocycles. The Morgan fingerprint density at radius 3 is 2.50 bits per heavy atom. The second kappa shape index (κ2) is 7.87. The summed E-state index contributed by atoms with van der Waals surface area (Å²) in [5.41, 5.74) is 1.95. The van der Waals surface area contributed by atoms with Gasteiger partial charge in [0.1, 0.15) is 6.33 Å². The van der Waals surface area contributed by atoms with Gasteiger partial charge < -0.3 is 9.64 Å². The zero-order chi connectivity index (χ0) is 19.5.